The van der Waals surface area contributed by atoms with E-state index in [1.165, 1.54) is 30.5 Å². The predicted molar refractivity (Wildman–Crippen MR) is 125 cm³/mol. The molecule has 0 spiro atoms. The predicted octanol–water partition coefficient (Wildman–Crippen LogP) is 4.69. The number of sulfonamides is 1. The summed E-state index contributed by atoms with van der Waals surface area (Å²) in [6.45, 7) is -0.142. The number of hydrogen-bond acceptors (Lipinski definition) is 5. The van der Waals surface area contributed by atoms with Crippen LogP contribution in [-0.4, -0.2) is 20.9 Å². The summed E-state index contributed by atoms with van der Waals surface area (Å²) in [7, 11) is -3.70. The van der Waals surface area contributed by atoms with Gasteiger partial charge in [0.1, 0.15) is 11.5 Å². The molecule has 4 rings (SSSR count). The Kier molecular flexibility index (Phi) is 6.59. The van der Waals surface area contributed by atoms with Crippen molar-refractivity contribution in [3.63, 3.8) is 0 Å². The lowest BCUT2D eigenvalue weighted by Gasteiger charge is -2.11. The molecule has 164 valence electrons. The standard InChI is InChI=1S/C23H19BrN2O5S/c24-23-20-6-2-1-4-16(20)7-12-21(23)31-15-22(27)26-17-8-10-19(11-9-17)32(28,29)25-14-18-5-3-13-30-18/h1-13,25H,14-15H2,(H,26,27). The Morgan fingerprint density at radius 2 is 1.75 bits per heavy atom. The van der Waals surface area contributed by atoms with Crippen LogP contribution in [0.25, 0.3) is 10.8 Å². The summed E-state index contributed by atoms with van der Waals surface area (Å²) in [5.41, 5.74) is 0.459. The van der Waals surface area contributed by atoms with Crippen molar-refractivity contribution in [1.29, 1.82) is 0 Å². The molecule has 0 saturated carbocycles. The molecule has 0 atom stereocenters. The van der Waals surface area contributed by atoms with E-state index in [0.717, 1.165) is 15.2 Å². The third-order valence-corrected chi connectivity index (χ3v) is 6.89. The van der Waals surface area contributed by atoms with E-state index in [0.29, 0.717) is 17.2 Å². The normalized spacial score (nSPS) is 11.4. The molecule has 9 heteroatoms. The van der Waals surface area contributed by atoms with Crippen molar-refractivity contribution in [1.82, 2.24) is 4.72 Å². The van der Waals surface area contributed by atoms with E-state index in [4.69, 9.17) is 9.15 Å². The van der Waals surface area contributed by atoms with Crippen LogP contribution in [0.5, 0.6) is 5.75 Å². The first-order valence-electron chi connectivity index (χ1n) is 9.64. The number of nitrogens with one attached hydrogen (secondary N) is 2. The van der Waals surface area contributed by atoms with Gasteiger partial charge >= 0.3 is 0 Å². The summed E-state index contributed by atoms with van der Waals surface area (Å²) >= 11 is 3.53. The first kappa shape index (κ1) is 22.1. The number of furan rings is 1. The zero-order chi connectivity index (χ0) is 22.6. The average Bonchev–Trinajstić information content (AvgIpc) is 3.32. The molecular weight excluding hydrogens is 496 g/mol. The van der Waals surface area contributed by atoms with Crippen molar-refractivity contribution in [2.45, 2.75) is 11.4 Å². The monoisotopic (exact) mass is 514 g/mol. The molecule has 0 radical (unpaired) electrons. The number of halogens is 1. The summed E-state index contributed by atoms with van der Waals surface area (Å²) in [6.07, 6.45) is 1.48. The molecule has 32 heavy (non-hydrogen) atoms. The Hall–Kier alpha value is -3.14. The van der Waals surface area contributed by atoms with E-state index in [2.05, 4.69) is 26.0 Å². The van der Waals surface area contributed by atoms with E-state index in [9.17, 15) is 13.2 Å². The topological polar surface area (TPSA) is 97.6 Å². The number of rotatable bonds is 8. The van der Waals surface area contributed by atoms with E-state index in [-0.39, 0.29) is 24.0 Å². The van der Waals surface area contributed by atoms with Crippen molar-refractivity contribution in [2.75, 3.05) is 11.9 Å². The number of carbonyl (C=O) groups is 1. The van der Waals surface area contributed by atoms with Crippen LogP contribution in [0.15, 0.2) is 92.8 Å². The molecule has 0 aliphatic carbocycles. The van der Waals surface area contributed by atoms with Gasteiger partial charge in [0.25, 0.3) is 5.91 Å². The van der Waals surface area contributed by atoms with Gasteiger partial charge in [0.15, 0.2) is 6.61 Å². The van der Waals surface area contributed by atoms with Gasteiger partial charge < -0.3 is 14.5 Å². The molecule has 0 aliphatic rings. The summed E-state index contributed by atoms with van der Waals surface area (Å²) < 4.78 is 38.8. The molecule has 7 nitrogen and oxygen atoms in total. The molecule has 0 aliphatic heterocycles. The van der Waals surface area contributed by atoms with Crippen LogP contribution in [0.1, 0.15) is 5.76 Å². The molecular formula is C23H19BrN2O5S. The molecule has 1 amide bonds. The van der Waals surface area contributed by atoms with Gasteiger partial charge in [-0.05, 0) is 69.2 Å². The summed E-state index contributed by atoms with van der Waals surface area (Å²) in [5, 5.41) is 4.74. The van der Waals surface area contributed by atoms with Crippen LogP contribution >= 0.6 is 15.9 Å². The first-order valence-corrected chi connectivity index (χ1v) is 11.9. The van der Waals surface area contributed by atoms with Gasteiger partial charge in [0, 0.05) is 5.69 Å². The zero-order valence-corrected chi connectivity index (χ0v) is 19.1. The zero-order valence-electron chi connectivity index (χ0n) is 16.7. The van der Waals surface area contributed by atoms with Crippen molar-refractivity contribution in [3.8, 4) is 5.75 Å². The molecule has 0 saturated heterocycles. The SMILES string of the molecule is O=C(COc1ccc2ccccc2c1Br)Nc1ccc(S(=O)(=O)NCc2ccco2)cc1. The van der Waals surface area contributed by atoms with E-state index >= 15 is 0 Å². The van der Waals surface area contributed by atoms with Gasteiger partial charge in [-0.3, -0.25) is 4.79 Å². The number of hydrogen-bond donors (Lipinski definition) is 2. The third kappa shape index (κ3) is 5.18. The number of amides is 1. The van der Waals surface area contributed by atoms with Gasteiger partial charge in [-0.25, -0.2) is 13.1 Å². The molecule has 2 N–H and O–H groups in total. The Balaban J connectivity index is 1.34. The highest BCUT2D eigenvalue weighted by atomic mass is 79.9. The first-order chi connectivity index (χ1) is 15.4. The minimum Gasteiger partial charge on any atom is -0.483 e. The highest BCUT2D eigenvalue weighted by Crippen LogP contribution is 2.33. The molecule has 0 fully saturated rings. The quantitative estimate of drug-likeness (QED) is 0.355. The van der Waals surface area contributed by atoms with Crippen molar-refractivity contribution in [3.05, 3.63) is 89.3 Å². The van der Waals surface area contributed by atoms with E-state index in [1.807, 2.05) is 30.3 Å². The number of ether oxygens (including phenoxy) is 1. The fourth-order valence-corrected chi connectivity index (χ4v) is 4.65. The molecule has 0 bridgehead atoms. The Morgan fingerprint density at radius 3 is 2.50 bits per heavy atom. The maximum Gasteiger partial charge on any atom is 0.262 e. The number of benzene rings is 3. The summed E-state index contributed by atoms with van der Waals surface area (Å²) in [6, 6.07) is 20.8. The Labute approximate surface area is 193 Å². The second-order valence-electron chi connectivity index (χ2n) is 6.86. The van der Waals surface area contributed by atoms with Gasteiger partial charge in [0.05, 0.1) is 22.2 Å². The molecule has 0 unspecified atom stereocenters. The smallest absolute Gasteiger partial charge is 0.262 e. The lowest BCUT2D eigenvalue weighted by Crippen LogP contribution is -2.23. The summed E-state index contributed by atoms with van der Waals surface area (Å²) in [4.78, 5) is 12.4. The minimum atomic E-state index is -3.70. The van der Waals surface area contributed by atoms with Crippen LogP contribution in [0, 0.1) is 0 Å². The van der Waals surface area contributed by atoms with Crippen LogP contribution < -0.4 is 14.8 Å². The molecule has 1 heterocycles. The van der Waals surface area contributed by atoms with Gasteiger partial charge in [0.2, 0.25) is 10.0 Å². The Bertz CT molecular complexity index is 1340. The fourth-order valence-electron chi connectivity index (χ4n) is 3.05. The minimum absolute atomic E-state index is 0.0511. The van der Waals surface area contributed by atoms with Crippen LogP contribution in [-0.2, 0) is 21.4 Å². The lowest BCUT2D eigenvalue weighted by atomic mass is 10.1. The largest absolute Gasteiger partial charge is 0.483 e. The van der Waals surface area contributed by atoms with Crippen LogP contribution in [0.4, 0.5) is 5.69 Å². The maximum atomic E-state index is 12.4. The van der Waals surface area contributed by atoms with Gasteiger partial charge in [-0.15, -0.1) is 0 Å². The molecule has 3 aromatic carbocycles. The van der Waals surface area contributed by atoms with Crippen molar-refractivity contribution in [2.24, 2.45) is 0 Å². The van der Waals surface area contributed by atoms with E-state index < -0.39 is 10.0 Å². The number of anilines is 1. The summed E-state index contributed by atoms with van der Waals surface area (Å²) in [5.74, 6) is 0.704. The third-order valence-electron chi connectivity index (χ3n) is 4.65. The maximum absolute atomic E-state index is 12.4. The second kappa shape index (κ2) is 9.56. The Morgan fingerprint density at radius 1 is 0.969 bits per heavy atom. The van der Waals surface area contributed by atoms with Crippen LogP contribution in [0.2, 0.25) is 0 Å². The van der Waals surface area contributed by atoms with Crippen molar-refractivity contribution >= 4 is 48.3 Å². The number of fused-ring (bicyclic) bond motifs is 1. The van der Waals surface area contributed by atoms with Gasteiger partial charge in [-0.1, -0.05) is 30.3 Å². The lowest BCUT2D eigenvalue weighted by molar-refractivity contribution is -0.118. The van der Waals surface area contributed by atoms with E-state index in [1.54, 1.807) is 18.2 Å². The number of carbonyl (C=O) groups excluding carboxylic acids is 1. The van der Waals surface area contributed by atoms with Gasteiger partial charge in [-0.2, -0.15) is 0 Å². The molecule has 1 aromatic heterocycles. The van der Waals surface area contributed by atoms with Crippen molar-refractivity contribution < 1.29 is 22.4 Å². The highest BCUT2D eigenvalue weighted by Gasteiger charge is 2.15. The molecule has 4 aromatic rings. The highest BCUT2D eigenvalue weighted by molar-refractivity contribution is 9.10. The fraction of sp³-hybridized carbons (Fsp3) is 0.0870. The second-order valence-corrected chi connectivity index (χ2v) is 9.42. The van der Waals surface area contributed by atoms with Crippen LogP contribution in [0.3, 0.4) is 0 Å². The average molecular weight is 515 g/mol.